The number of hydrogen-bond acceptors (Lipinski definition) is 2. The largest absolute Gasteiger partial charge is 0.480 e. The molecule has 2 aliphatic rings. The summed E-state index contributed by atoms with van der Waals surface area (Å²) in [5, 5.41) is 19.9. The van der Waals surface area contributed by atoms with Gasteiger partial charge in [-0.2, -0.15) is 0 Å². The Balaban J connectivity index is 1.95. The molecule has 4 heteroatoms. The van der Waals surface area contributed by atoms with Crippen molar-refractivity contribution in [2.24, 2.45) is 40.9 Å². The minimum atomic E-state index is -1.62. The van der Waals surface area contributed by atoms with Gasteiger partial charge in [-0.15, -0.1) is 0 Å². The van der Waals surface area contributed by atoms with Crippen molar-refractivity contribution in [1.82, 2.24) is 0 Å². The van der Waals surface area contributed by atoms with Crippen molar-refractivity contribution >= 4 is 11.9 Å². The summed E-state index contributed by atoms with van der Waals surface area (Å²) >= 11 is 0. The first kappa shape index (κ1) is 24.2. The molecule has 2 rings (SSSR count). The van der Waals surface area contributed by atoms with Gasteiger partial charge in [-0.05, 0) is 86.9 Å². The van der Waals surface area contributed by atoms with E-state index in [9.17, 15) is 19.8 Å². The van der Waals surface area contributed by atoms with Gasteiger partial charge in [0.05, 0.1) is 0 Å². The Morgan fingerprint density at radius 2 is 1.03 bits per heavy atom. The summed E-state index contributed by atoms with van der Waals surface area (Å²) in [5.74, 6) is 1.34. The molecule has 0 radical (unpaired) electrons. The van der Waals surface area contributed by atoms with Gasteiger partial charge in [0.2, 0.25) is 0 Å². The molecule has 0 aliphatic heterocycles. The van der Waals surface area contributed by atoms with Crippen molar-refractivity contribution in [2.45, 2.75) is 105 Å². The first-order chi connectivity index (χ1) is 13.7. The fourth-order valence-electron chi connectivity index (χ4n) is 5.77. The SMILES string of the molecule is CC1CCC(C(C)CCC(CCC(C)C2CCC(C)CC2)(C(=O)O)C(=O)O)CC1. The van der Waals surface area contributed by atoms with Gasteiger partial charge >= 0.3 is 11.9 Å². The Morgan fingerprint density at radius 1 is 0.724 bits per heavy atom. The van der Waals surface area contributed by atoms with E-state index in [-0.39, 0.29) is 12.8 Å². The monoisotopic (exact) mass is 408 g/mol. The molecular weight excluding hydrogens is 364 g/mol. The fourth-order valence-corrected chi connectivity index (χ4v) is 5.77. The Labute approximate surface area is 177 Å². The van der Waals surface area contributed by atoms with E-state index in [1.807, 2.05) is 0 Å². The molecule has 0 aromatic rings. The highest BCUT2D eigenvalue weighted by Gasteiger charge is 2.46. The lowest BCUT2D eigenvalue weighted by atomic mass is 9.70. The van der Waals surface area contributed by atoms with Crippen LogP contribution in [0.3, 0.4) is 0 Å². The van der Waals surface area contributed by atoms with Gasteiger partial charge < -0.3 is 10.2 Å². The molecule has 4 nitrogen and oxygen atoms in total. The molecule has 2 N–H and O–H groups in total. The van der Waals surface area contributed by atoms with Crippen LogP contribution in [-0.4, -0.2) is 22.2 Å². The van der Waals surface area contributed by atoms with Crippen LogP contribution in [0.4, 0.5) is 0 Å². The molecular formula is C25H44O4. The number of carboxylic acid groups (broad SMARTS) is 2. The lowest BCUT2D eigenvalue weighted by molar-refractivity contribution is -0.166. The van der Waals surface area contributed by atoms with E-state index in [2.05, 4.69) is 27.7 Å². The second kappa shape index (κ2) is 10.8. The number of carboxylic acids is 2. The molecule has 0 bridgehead atoms. The fraction of sp³-hybridized carbons (Fsp3) is 0.920. The summed E-state index contributed by atoms with van der Waals surface area (Å²) in [5.41, 5.74) is -1.62. The third-order valence-corrected chi connectivity index (χ3v) is 8.60. The average molecular weight is 409 g/mol. The standard InChI is InChI=1S/C25H44O4/c1-17-5-9-21(10-6-17)19(3)13-15-25(23(26)27,24(28)29)16-14-20(4)22-11-7-18(2)8-12-22/h17-22H,5-16H2,1-4H3,(H,26,27)(H,28,29). The minimum Gasteiger partial charge on any atom is -0.480 e. The van der Waals surface area contributed by atoms with Crippen molar-refractivity contribution in [3.8, 4) is 0 Å². The van der Waals surface area contributed by atoms with Gasteiger partial charge in [0, 0.05) is 0 Å². The molecule has 0 aromatic carbocycles. The van der Waals surface area contributed by atoms with E-state index in [0.717, 1.165) is 11.8 Å². The average Bonchev–Trinajstić information content (AvgIpc) is 2.68. The van der Waals surface area contributed by atoms with E-state index in [1.54, 1.807) is 0 Å². The summed E-state index contributed by atoms with van der Waals surface area (Å²) < 4.78 is 0. The van der Waals surface area contributed by atoms with Gasteiger partial charge in [-0.1, -0.05) is 53.4 Å². The highest BCUT2D eigenvalue weighted by atomic mass is 16.4. The summed E-state index contributed by atoms with van der Waals surface area (Å²) in [7, 11) is 0. The second-order valence-electron chi connectivity index (χ2n) is 10.8. The number of rotatable bonds is 10. The van der Waals surface area contributed by atoms with Crippen LogP contribution < -0.4 is 0 Å². The smallest absolute Gasteiger partial charge is 0.321 e. The molecule has 2 saturated carbocycles. The zero-order valence-electron chi connectivity index (χ0n) is 19.2. The van der Waals surface area contributed by atoms with Crippen LogP contribution >= 0.6 is 0 Å². The molecule has 2 atom stereocenters. The molecule has 0 spiro atoms. The Morgan fingerprint density at radius 3 is 1.31 bits per heavy atom. The molecule has 2 fully saturated rings. The van der Waals surface area contributed by atoms with Crippen molar-refractivity contribution in [3.63, 3.8) is 0 Å². The third kappa shape index (κ3) is 6.46. The van der Waals surface area contributed by atoms with Crippen LogP contribution in [0.15, 0.2) is 0 Å². The third-order valence-electron chi connectivity index (χ3n) is 8.60. The lowest BCUT2D eigenvalue weighted by Gasteiger charge is -2.34. The quantitative estimate of drug-likeness (QED) is 0.398. The second-order valence-corrected chi connectivity index (χ2v) is 10.8. The normalized spacial score (nSPS) is 30.5. The van der Waals surface area contributed by atoms with Gasteiger partial charge in [-0.3, -0.25) is 9.59 Å². The molecule has 2 unspecified atom stereocenters. The molecule has 0 heterocycles. The topological polar surface area (TPSA) is 74.6 Å². The van der Waals surface area contributed by atoms with Gasteiger partial charge in [0.25, 0.3) is 0 Å². The van der Waals surface area contributed by atoms with Crippen molar-refractivity contribution in [1.29, 1.82) is 0 Å². The van der Waals surface area contributed by atoms with Crippen LogP contribution in [0, 0.1) is 40.9 Å². The van der Waals surface area contributed by atoms with E-state index in [1.165, 1.54) is 51.4 Å². The highest BCUT2D eigenvalue weighted by Crippen LogP contribution is 2.41. The van der Waals surface area contributed by atoms with Crippen LogP contribution in [0.1, 0.15) is 105 Å². The predicted octanol–water partition coefficient (Wildman–Crippen LogP) is 6.63. The number of hydrogen-bond donors (Lipinski definition) is 2. The first-order valence-electron chi connectivity index (χ1n) is 12.1. The Kier molecular flexibility index (Phi) is 9.03. The molecule has 0 aromatic heterocycles. The predicted molar refractivity (Wildman–Crippen MR) is 117 cm³/mol. The van der Waals surface area contributed by atoms with Crippen LogP contribution in [0.2, 0.25) is 0 Å². The van der Waals surface area contributed by atoms with E-state index < -0.39 is 17.4 Å². The Bertz CT molecular complexity index is 479. The zero-order chi connectivity index (χ0) is 21.6. The minimum absolute atomic E-state index is 0.263. The van der Waals surface area contributed by atoms with Crippen molar-refractivity contribution in [2.75, 3.05) is 0 Å². The van der Waals surface area contributed by atoms with E-state index >= 15 is 0 Å². The van der Waals surface area contributed by atoms with Crippen molar-refractivity contribution in [3.05, 3.63) is 0 Å². The summed E-state index contributed by atoms with van der Waals surface area (Å²) in [6, 6.07) is 0. The van der Waals surface area contributed by atoms with Gasteiger partial charge in [0.15, 0.2) is 5.41 Å². The van der Waals surface area contributed by atoms with Crippen LogP contribution in [0.5, 0.6) is 0 Å². The maximum absolute atomic E-state index is 12.1. The van der Waals surface area contributed by atoms with Crippen LogP contribution in [0.25, 0.3) is 0 Å². The maximum atomic E-state index is 12.1. The maximum Gasteiger partial charge on any atom is 0.321 e. The summed E-state index contributed by atoms with van der Waals surface area (Å²) in [4.78, 5) is 24.3. The molecule has 0 saturated heterocycles. The zero-order valence-corrected chi connectivity index (χ0v) is 19.2. The van der Waals surface area contributed by atoms with Gasteiger partial charge in [-0.25, -0.2) is 0 Å². The molecule has 29 heavy (non-hydrogen) atoms. The van der Waals surface area contributed by atoms with E-state index in [0.29, 0.717) is 36.5 Å². The first-order valence-corrected chi connectivity index (χ1v) is 12.1. The molecule has 2 aliphatic carbocycles. The lowest BCUT2D eigenvalue weighted by Crippen LogP contribution is -2.40. The Hall–Kier alpha value is -1.06. The van der Waals surface area contributed by atoms with Crippen LogP contribution in [-0.2, 0) is 9.59 Å². The molecule has 168 valence electrons. The number of aliphatic carboxylic acids is 2. The highest BCUT2D eigenvalue weighted by molar-refractivity contribution is 5.98. The van der Waals surface area contributed by atoms with Gasteiger partial charge in [0.1, 0.15) is 0 Å². The van der Waals surface area contributed by atoms with Crippen molar-refractivity contribution < 1.29 is 19.8 Å². The van der Waals surface area contributed by atoms with E-state index in [4.69, 9.17) is 0 Å². The number of carbonyl (C=O) groups is 2. The summed E-state index contributed by atoms with van der Waals surface area (Å²) in [6.07, 6.45) is 11.7. The summed E-state index contributed by atoms with van der Waals surface area (Å²) in [6.45, 7) is 8.99. The molecule has 0 amide bonds.